The molecule has 0 bridgehead atoms. The first-order valence-corrected chi connectivity index (χ1v) is 5.28. The molecule has 94 valence electrons. The molecule has 18 heavy (non-hydrogen) atoms. The fraction of sp³-hybridized carbons (Fsp3) is 0.273. The van der Waals surface area contributed by atoms with Gasteiger partial charge in [-0.1, -0.05) is 0 Å². The van der Waals surface area contributed by atoms with Crippen molar-refractivity contribution in [3.8, 4) is 5.75 Å². The van der Waals surface area contributed by atoms with Gasteiger partial charge in [0.1, 0.15) is 11.9 Å². The Morgan fingerprint density at radius 3 is 2.89 bits per heavy atom. The summed E-state index contributed by atoms with van der Waals surface area (Å²) in [5.41, 5.74) is 0.846. The lowest BCUT2D eigenvalue weighted by atomic mass is 10.3. The molecule has 0 radical (unpaired) electrons. The number of hydrogen-bond acceptors (Lipinski definition) is 5. The Bertz CT molecular complexity index is 579. The molecule has 0 spiro atoms. The number of rotatable bonds is 4. The summed E-state index contributed by atoms with van der Waals surface area (Å²) >= 11 is 0. The van der Waals surface area contributed by atoms with Gasteiger partial charge < -0.3 is 14.9 Å². The van der Waals surface area contributed by atoms with Crippen molar-refractivity contribution in [2.45, 2.75) is 13.5 Å². The van der Waals surface area contributed by atoms with Crippen LogP contribution < -0.4 is 4.74 Å². The van der Waals surface area contributed by atoms with E-state index in [4.69, 9.17) is 4.74 Å². The Balaban J connectivity index is 2.09. The second kappa shape index (κ2) is 4.82. The average molecular weight is 248 g/mol. The van der Waals surface area contributed by atoms with Crippen molar-refractivity contribution in [1.82, 2.24) is 14.5 Å². The van der Waals surface area contributed by atoms with Crippen LogP contribution in [-0.2, 0) is 13.7 Å². The zero-order valence-electron chi connectivity index (χ0n) is 10.0. The van der Waals surface area contributed by atoms with Crippen LogP contribution in [0.15, 0.2) is 24.5 Å². The normalized spacial score (nSPS) is 10.3. The van der Waals surface area contributed by atoms with Crippen LogP contribution in [0.5, 0.6) is 5.75 Å². The number of ether oxygens (including phenoxy) is 1. The molecule has 0 unspecified atom stereocenters. The van der Waals surface area contributed by atoms with Crippen molar-refractivity contribution in [3.63, 3.8) is 0 Å². The van der Waals surface area contributed by atoms with Crippen molar-refractivity contribution in [3.05, 3.63) is 46.2 Å². The van der Waals surface area contributed by atoms with Gasteiger partial charge in [-0.25, -0.2) is 9.55 Å². The monoisotopic (exact) mass is 248 g/mol. The topological polar surface area (TPSA) is 83.1 Å². The maximum Gasteiger partial charge on any atom is 0.342 e. The van der Waals surface area contributed by atoms with E-state index in [0.717, 1.165) is 5.69 Å². The summed E-state index contributed by atoms with van der Waals surface area (Å²) in [6.45, 7) is 2.03. The highest BCUT2D eigenvalue weighted by atomic mass is 16.6. The minimum Gasteiger partial charge on any atom is -0.483 e. The Morgan fingerprint density at radius 1 is 1.50 bits per heavy atom. The highest BCUT2D eigenvalue weighted by Crippen LogP contribution is 2.15. The second-order valence-electron chi connectivity index (χ2n) is 3.77. The first-order chi connectivity index (χ1) is 8.58. The van der Waals surface area contributed by atoms with Gasteiger partial charge in [0.25, 0.3) is 0 Å². The van der Waals surface area contributed by atoms with Crippen LogP contribution in [0.2, 0.25) is 0 Å². The molecule has 0 atom stereocenters. The third-order valence-electron chi connectivity index (χ3n) is 2.48. The minimum atomic E-state index is -0.479. The Labute approximate surface area is 103 Å². The molecule has 0 aliphatic carbocycles. The van der Waals surface area contributed by atoms with Crippen LogP contribution in [0.3, 0.4) is 0 Å². The Kier molecular flexibility index (Phi) is 3.22. The third-order valence-corrected chi connectivity index (χ3v) is 2.48. The molecule has 0 aliphatic rings. The number of nitrogens with zero attached hydrogens (tertiary/aromatic N) is 4. The molecule has 0 aliphatic heterocycles. The lowest BCUT2D eigenvalue weighted by molar-refractivity contribution is -0.391. The third kappa shape index (κ3) is 2.45. The summed E-state index contributed by atoms with van der Waals surface area (Å²) in [4.78, 5) is 18.2. The fourth-order valence-corrected chi connectivity index (χ4v) is 1.50. The molecule has 2 rings (SSSR count). The minimum absolute atomic E-state index is 0.0560. The van der Waals surface area contributed by atoms with Gasteiger partial charge in [-0.3, -0.25) is 4.98 Å². The highest BCUT2D eigenvalue weighted by Gasteiger charge is 2.16. The van der Waals surface area contributed by atoms with Crippen molar-refractivity contribution in [2.75, 3.05) is 0 Å². The van der Waals surface area contributed by atoms with Crippen LogP contribution >= 0.6 is 0 Å². The van der Waals surface area contributed by atoms with Crippen molar-refractivity contribution in [2.24, 2.45) is 7.05 Å². The zero-order valence-corrected chi connectivity index (χ0v) is 10.0. The van der Waals surface area contributed by atoms with Crippen molar-refractivity contribution in [1.29, 1.82) is 0 Å². The van der Waals surface area contributed by atoms with E-state index in [-0.39, 0.29) is 12.4 Å². The van der Waals surface area contributed by atoms with Crippen LogP contribution in [0, 0.1) is 17.0 Å². The smallest absolute Gasteiger partial charge is 0.342 e. The van der Waals surface area contributed by atoms with Gasteiger partial charge in [0.15, 0.2) is 6.61 Å². The van der Waals surface area contributed by atoms with E-state index < -0.39 is 4.92 Å². The van der Waals surface area contributed by atoms with E-state index in [9.17, 15) is 10.1 Å². The number of imidazole rings is 1. The number of nitro groups is 1. The van der Waals surface area contributed by atoms with Crippen molar-refractivity contribution < 1.29 is 9.66 Å². The van der Waals surface area contributed by atoms with Crippen LogP contribution in [0.1, 0.15) is 11.5 Å². The van der Waals surface area contributed by atoms with Gasteiger partial charge in [0, 0.05) is 18.0 Å². The lowest BCUT2D eigenvalue weighted by Crippen LogP contribution is -2.05. The largest absolute Gasteiger partial charge is 0.483 e. The molecule has 0 saturated heterocycles. The van der Waals surface area contributed by atoms with E-state index in [0.29, 0.717) is 11.6 Å². The number of hydrogen-bond donors (Lipinski definition) is 0. The molecule has 0 N–H and O–H groups in total. The second-order valence-corrected chi connectivity index (χ2v) is 3.77. The fourth-order valence-electron chi connectivity index (χ4n) is 1.50. The van der Waals surface area contributed by atoms with E-state index in [1.807, 2.05) is 6.92 Å². The summed E-state index contributed by atoms with van der Waals surface area (Å²) in [6, 6.07) is 3.52. The highest BCUT2D eigenvalue weighted by molar-refractivity contribution is 5.23. The van der Waals surface area contributed by atoms with Gasteiger partial charge in [-0.05, 0) is 17.9 Å². The Hall–Kier alpha value is -2.44. The molecule has 7 heteroatoms. The standard InChI is InChI=1S/C11H12N4O3/c1-8-5-9(3-4-12-8)18-7-10-13-6-11(14(10)2)15(16)17/h3-6H,7H2,1-2H3. The van der Waals surface area contributed by atoms with Crippen LogP contribution in [-0.4, -0.2) is 19.5 Å². The first-order valence-electron chi connectivity index (χ1n) is 5.28. The molecular formula is C11H12N4O3. The zero-order chi connectivity index (χ0) is 13.1. The quantitative estimate of drug-likeness (QED) is 0.606. The molecular weight excluding hydrogens is 236 g/mol. The van der Waals surface area contributed by atoms with Gasteiger partial charge in [0.2, 0.25) is 5.82 Å². The van der Waals surface area contributed by atoms with Crippen LogP contribution in [0.25, 0.3) is 0 Å². The maximum absolute atomic E-state index is 10.6. The molecule has 0 aromatic carbocycles. The number of aryl methyl sites for hydroxylation is 1. The SMILES string of the molecule is Cc1cc(OCc2ncc([N+](=O)[O-])n2C)ccn1. The van der Waals surface area contributed by atoms with Gasteiger partial charge in [-0.2, -0.15) is 0 Å². The number of pyridine rings is 1. The molecule has 7 nitrogen and oxygen atoms in total. The molecule has 2 aromatic rings. The van der Waals surface area contributed by atoms with Gasteiger partial charge >= 0.3 is 5.82 Å². The first kappa shape index (κ1) is 12.0. The number of aromatic nitrogens is 3. The van der Waals surface area contributed by atoms with E-state index in [1.54, 1.807) is 25.4 Å². The summed E-state index contributed by atoms with van der Waals surface area (Å²) in [7, 11) is 1.58. The average Bonchev–Trinajstić information content (AvgIpc) is 2.68. The van der Waals surface area contributed by atoms with E-state index in [2.05, 4.69) is 9.97 Å². The molecule has 0 fully saturated rings. The predicted octanol–water partition coefficient (Wildman–Crippen LogP) is 1.61. The van der Waals surface area contributed by atoms with Gasteiger partial charge in [0.05, 0.1) is 7.05 Å². The molecule has 0 saturated carbocycles. The van der Waals surface area contributed by atoms with E-state index in [1.165, 1.54) is 10.8 Å². The summed E-state index contributed by atoms with van der Waals surface area (Å²) in [6.07, 6.45) is 2.86. The summed E-state index contributed by atoms with van der Waals surface area (Å²) < 4.78 is 6.90. The predicted molar refractivity (Wildman–Crippen MR) is 63.2 cm³/mol. The molecule has 0 amide bonds. The molecule has 2 aromatic heterocycles. The van der Waals surface area contributed by atoms with Gasteiger partial charge in [-0.15, -0.1) is 0 Å². The van der Waals surface area contributed by atoms with Crippen LogP contribution in [0.4, 0.5) is 5.82 Å². The summed E-state index contributed by atoms with van der Waals surface area (Å²) in [5, 5.41) is 10.6. The van der Waals surface area contributed by atoms with Crippen molar-refractivity contribution >= 4 is 5.82 Å². The molecule has 2 heterocycles. The lowest BCUT2D eigenvalue weighted by Gasteiger charge is -2.04. The Morgan fingerprint density at radius 2 is 2.28 bits per heavy atom. The van der Waals surface area contributed by atoms with E-state index >= 15 is 0 Å². The summed E-state index contributed by atoms with van der Waals surface area (Å²) in [5.74, 6) is 1.10. The maximum atomic E-state index is 10.6.